The standard InChI is InChI=1S/C12H25N3O/c1-3-11(4-2)14-12(16)9-15-7-5-6-10(13)8-15/h10-11H,3-9,13H2,1-2H3,(H,14,16). The Balaban J connectivity index is 2.27. The number of nitrogens with zero attached hydrogens (tertiary/aromatic N) is 1. The van der Waals surface area contributed by atoms with Crippen molar-refractivity contribution >= 4 is 5.91 Å². The van der Waals surface area contributed by atoms with Gasteiger partial charge in [-0.15, -0.1) is 0 Å². The predicted molar refractivity (Wildman–Crippen MR) is 66.2 cm³/mol. The van der Waals surface area contributed by atoms with Crippen molar-refractivity contribution in [2.45, 2.75) is 51.6 Å². The summed E-state index contributed by atoms with van der Waals surface area (Å²) in [5.74, 6) is 0.141. The van der Waals surface area contributed by atoms with Gasteiger partial charge >= 0.3 is 0 Å². The van der Waals surface area contributed by atoms with Crippen LogP contribution in [-0.4, -0.2) is 42.5 Å². The van der Waals surface area contributed by atoms with Crippen LogP contribution in [0.1, 0.15) is 39.5 Å². The van der Waals surface area contributed by atoms with Crippen molar-refractivity contribution in [1.82, 2.24) is 10.2 Å². The second-order valence-corrected chi connectivity index (χ2v) is 4.72. The Morgan fingerprint density at radius 2 is 2.19 bits per heavy atom. The summed E-state index contributed by atoms with van der Waals surface area (Å²) in [6, 6.07) is 0.570. The molecule has 1 rings (SSSR count). The molecule has 94 valence electrons. The van der Waals surface area contributed by atoms with Crippen LogP contribution < -0.4 is 11.1 Å². The van der Waals surface area contributed by atoms with Gasteiger partial charge in [0, 0.05) is 18.6 Å². The molecule has 4 nitrogen and oxygen atoms in total. The number of amides is 1. The molecule has 1 fully saturated rings. The zero-order chi connectivity index (χ0) is 12.0. The summed E-state index contributed by atoms with van der Waals surface area (Å²) in [4.78, 5) is 13.9. The molecular weight excluding hydrogens is 202 g/mol. The lowest BCUT2D eigenvalue weighted by Crippen LogP contribution is -2.48. The molecule has 1 aliphatic rings. The Morgan fingerprint density at radius 3 is 2.75 bits per heavy atom. The fourth-order valence-electron chi connectivity index (χ4n) is 2.20. The van der Waals surface area contributed by atoms with Gasteiger partial charge in [0.1, 0.15) is 0 Å². The van der Waals surface area contributed by atoms with E-state index in [0.717, 1.165) is 38.8 Å². The van der Waals surface area contributed by atoms with E-state index in [1.807, 2.05) is 0 Å². The number of hydrogen-bond acceptors (Lipinski definition) is 3. The van der Waals surface area contributed by atoms with Crippen LogP contribution in [0, 0.1) is 0 Å². The summed E-state index contributed by atoms with van der Waals surface area (Å²) in [7, 11) is 0. The summed E-state index contributed by atoms with van der Waals surface area (Å²) in [6.07, 6.45) is 4.20. The molecule has 0 aromatic heterocycles. The van der Waals surface area contributed by atoms with Crippen molar-refractivity contribution < 1.29 is 4.79 Å². The van der Waals surface area contributed by atoms with E-state index in [1.165, 1.54) is 0 Å². The molecule has 1 heterocycles. The molecule has 0 aromatic carbocycles. The van der Waals surface area contributed by atoms with Gasteiger partial charge in [-0.05, 0) is 32.2 Å². The molecule has 0 saturated carbocycles. The molecule has 1 saturated heterocycles. The van der Waals surface area contributed by atoms with Crippen LogP contribution in [-0.2, 0) is 4.79 Å². The van der Waals surface area contributed by atoms with Gasteiger partial charge in [0.2, 0.25) is 5.91 Å². The van der Waals surface area contributed by atoms with Gasteiger partial charge in [0.05, 0.1) is 6.54 Å². The van der Waals surface area contributed by atoms with Crippen LogP contribution >= 0.6 is 0 Å². The number of nitrogens with two attached hydrogens (primary N) is 1. The van der Waals surface area contributed by atoms with Crippen LogP contribution in [0.3, 0.4) is 0 Å². The van der Waals surface area contributed by atoms with Gasteiger partial charge in [-0.3, -0.25) is 9.69 Å². The third kappa shape index (κ3) is 4.49. The molecule has 16 heavy (non-hydrogen) atoms. The highest BCUT2D eigenvalue weighted by Crippen LogP contribution is 2.07. The van der Waals surface area contributed by atoms with Crippen molar-refractivity contribution in [2.75, 3.05) is 19.6 Å². The zero-order valence-electron chi connectivity index (χ0n) is 10.5. The van der Waals surface area contributed by atoms with E-state index in [0.29, 0.717) is 12.6 Å². The third-order valence-electron chi connectivity index (χ3n) is 3.26. The number of piperidine rings is 1. The molecule has 1 atom stereocenters. The van der Waals surface area contributed by atoms with Gasteiger partial charge in [0.15, 0.2) is 0 Å². The van der Waals surface area contributed by atoms with Crippen molar-refractivity contribution in [3.8, 4) is 0 Å². The van der Waals surface area contributed by atoms with E-state index < -0.39 is 0 Å². The highest BCUT2D eigenvalue weighted by atomic mass is 16.2. The van der Waals surface area contributed by atoms with Crippen LogP contribution in [0.25, 0.3) is 0 Å². The minimum atomic E-state index is 0.141. The maximum Gasteiger partial charge on any atom is 0.234 e. The van der Waals surface area contributed by atoms with Gasteiger partial charge in [-0.25, -0.2) is 0 Å². The van der Waals surface area contributed by atoms with Gasteiger partial charge in [-0.1, -0.05) is 13.8 Å². The minimum Gasteiger partial charge on any atom is -0.352 e. The van der Waals surface area contributed by atoms with Crippen molar-refractivity contribution in [3.05, 3.63) is 0 Å². The minimum absolute atomic E-state index is 0.141. The summed E-state index contributed by atoms with van der Waals surface area (Å²) >= 11 is 0. The molecule has 0 bridgehead atoms. The normalized spacial score (nSPS) is 22.4. The summed E-state index contributed by atoms with van der Waals surface area (Å²) in [5, 5.41) is 3.06. The van der Waals surface area contributed by atoms with E-state index in [4.69, 9.17) is 5.73 Å². The number of carbonyl (C=O) groups excluding carboxylic acids is 1. The molecular formula is C12H25N3O. The zero-order valence-corrected chi connectivity index (χ0v) is 10.5. The summed E-state index contributed by atoms with van der Waals surface area (Å²) in [6.45, 7) is 6.57. The van der Waals surface area contributed by atoms with Crippen LogP contribution in [0.2, 0.25) is 0 Å². The molecule has 0 aromatic rings. The number of hydrogen-bond donors (Lipinski definition) is 2. The molecule has 1 amide bonds. The monoisotopic (exact) mass is 227 g/mol. The third-order valence-corrected chi connectivity index (χ3v) is 3.26. The van der Waals surface area contributed by atoms with E-state index in [1.54, 1.807) is 0 Å². The first kappa shape index (κ1) is 13.5. The topological polar surface area (TPSA) is 58.4 Å². The lowest BCUT2D eigenvalue weighted by atomic mass is 10.1. The lowest BCUT2D eigenvalue weighted by molar-refractivity contribution is -0.123. The Labute approximate surface area is 98.6 Å². The summed E-state index contributed by atoms with van der Waals surface area (Å²) < 4.78 is 0. The molecule has 3 N–H and O–H groups in total. The van der Waals surface area contributed by atoms with E-state index in [-0.39, 0.29) is 11.9 Å². The van der Waals surface area contributed by atoms with Crippen LogP contribution in [0.4, 0.5) is 0 Å². The van der Waals surface area contributed by atoms with Gasteiger partial charge < -0.3 is 11.1 Å². The molecule has 1 unspecified atom stereocenters. The Hall–Kier alpha value is -0.610. The van der Waals surface area contributed by atoms with E-state index in [9.17, 15) is 4.79 Å². The first-order valence-corrected chi connectivity index (χ1v) is 6.43. The molecule has 0 radical (unpaired) electrons. The Bertz CT molecular complexity index is 216. The second kappa shape index (κ2) is 6.86. The lowest BCUT2D eigenvalue weighted by Gasteiger charge is -2.30. The van der Waals surface area contributed by atoms with Gasteiger partial charge in [0.25, 0.3) is 0 Å². The number of carbonyl (C=O) groups is 1. The second-order valence-electron chi connectivity index (χ2n) is 4.72. The van der Waals surface area contributed by atoms with Crippen molar-refractivity contribution in [2.24, 2.45) is 5.73 Å². The molecule has 4 heteroatoms. The molecule has 0 spiro atoms. The number of nitrogens with one attached hydrogen (secondary N) is 1. The Morgan fingerprint density at radius 1 is 1.50 bits per heavy atom. The van der Waals surface area contributed by atoms with Crippen LogP contribution in [0.15, 0.2) is 0 Å². The fraction of sp³-hybridized carbons (Fsp3) is 0.917. The van der Waals surface area contributed by atoms with Crippen molar-refractivity contribution in [1.29, 1.82) is 0 Å². The van der Waals surface area contributed by atoms with Crippen molar-refractivity contribution in [3.63, 3.8) is 0 Å². The van der Waals surface area contributed by atoms with Crippen LogP contribution in [0.5, 0.6) is 0 Å². The van der Waals surface area contributed by atoms with E-state index >= 15 is 0 Å². The van der Waals surface area contributed by atoms with E-state index in [2.05, 4.69) is 24.1 Å². The Kier molecular flexibility index (Phi) is 5.77. The largest absolute Gasteiger partial charge is 0.352 e. The SMILES string of the molecule is CCC(CC)NC(=O)CN1CCCC(N)C1. The first-order chi connectivity index (χ1) is 7.65. The molecule has 1 aliphatic heterocycles. The quantitative estimate of drug-likeness (QED) is 0.727. The maximum absolute atomic E-state index is 11.8. The van der Waals surface area contributed by atoms with Gasteiger partial charge in [-0.2, -0.15) is 0 Å². The summed E-state index contributed by atoms with van der Waals surface area (Å²) in [5.41, 5.74) is 5.88. The fourth-order valence-corrected chi connectivity index (χ4v) is 2.20. The average molecular weight is 227 g/mol. The number of rotatable bonds is 5. The predicted octanol–water partition coefficient (Wildman–Crippen LogP) is 0.714. The number of likely N-dealkylation sites (tertiary alicyclic amines) is 1. The highest BCUT2D eigenvalue weighted by Gasteiger charge is 2.19. The highest BCUT2D eigenvalue weighted by molar-refractivity contribution is 5.78. The average Bonchev–Trinajstić information content (AvgIpc) is 2.26. The molecule has 0 aliphatic carbocycles. The smallest absolute Gasteiger partial charge is 0.234 e. The maximum atomic E-state index is 11.8. The first-order valence-electron chi connectivity index (χ1n) is 6.43.